The number of nitro groups is 1. The van der Waals surface area contributed by atoms with E-state index in [9.17, 15) is 15.2 Å². The van der Waals surface area contributed by atoms with Crippen LogP contribution < -0.4 is 4.74 Å². The van der Waals surface area contributed by atoms with Crippen LogP contribution in [0.15, 0.2) is 18.2 Å². The smallest absolute Gasteiger partial charge is 0.310 e. The molecule has 1 rings (SSSR count). The molecule has 0 fully saturated rings. The molecule has 0 aliphatic carbocycles. The summed E-state index contributed by atoms with van der Waals surface area (Å²) in [6.07, 6.45) is -0.0230. The lowest BCUT2D eigenvalue weighted by Gasteiger charge is -2.06. The van der Waals surface area contributed by atoms with Crippen molar-refractivity contribution in [2.45, 2.75) is 19.4 Å². The van der Waals surface area contributed by atoms with Crippen molar-refractivity contribution in [1.29, 1.82) is 0 Å². The third kappa shape index (κ3) is 2.92. The first kappa shape index (κ1) is 11.5. The maximum Gasteiger partial charge on any atom is 0.310 e. The van der Waals surface area contributed by atoms with Crippen LogP contribution in [0.1, 0.15) is 12.5 Å². The van der Waals surface area contributed by atoms with Crippen LogP contribution >= 0.6 is 0 Å². The Morgan fingerprint density at radius 2 is 2.27 bits per heavy atom. The van der Waals surface area contributed by atoms with Crippen LogP contribution in [0.5, 0.6) is 5.75 Å². The summed E-state index contributed by atoms with van der Waals surface area (Å²) in [7, 11) is 1.38. The highest BCUT2D eigenvalue weighted by atomic mass is 16.6. The molecule has 0 unspecified atom stereocenters. The molecule has 0 aliphatic heterocycles. The molecule has 0 bridgehead atoms. The minimum absolute atomic E-state index is 0.0631. The molecule has 0 aliphatic rings. The number of nitrogens with zero attached hydrogens (tertiary/aromatic N) is 1. The number of hydrogen-bond donors (Lipinski definition) is 1. The molecule has 0 spiro atoms. The monoisotopic (exact) mass is 211 g/mol. The van der Waals surface area contributed by atoms with Gasteiger partial charge in [-0.15, -0.1) is 0 Å². The Labute approximate surface area is 87.5 Å². The topological polar surface area (TPSA) is 72.6 Å². The first-order chi connectivity index (χ1) is 7.04. The molecule has 0 saturated carbocycles. The van der Waals surface area contributed by atoms with E-state index in [4.69, 9.17) is 4.74 Å². The Morgan fingerprint density at radius 1 is 1.60 bits per heavy atom. The van der Waals surface area contributed by atoms with Crippen molar-refractivity contribution in [1.82, 2.24) is 0 Å². The van der Waals surface area contributed by atoms with Crippen molar-refractivity contribution in [3.8, 4) is 5.75 Å². The quantitative estimate of drug-likeness (QED) is 0.605. The highest BCUT2D eigenvalue weighted by Crippen LogP contribution is 2.27. The molecule has 1 N–H and O–H groups in total. The molecule has 5 heteroatoms. The highest BCUT2D eigenvalue weighted by Gasteiger charge is 2.14. The molecule has 0 aromatic heterocycles. The van der Waals surface area contributed by atoms with Gasteiger partial charge in [0, 0.05) is 6.07 Å². The fraction of sp³-hybridized carbons (Fsp3) is 0.400. The van der Waals surface area contributed by atoms with Gasteiger partial charge in [0.1, 0.15) is 0 Å². The van der Waals surface area contributed by atoms with Crippen molar-refractivity contribution in [2.24, 2.45) is 0 Å². The van der Waals surface area contributed by atoms with E-state index < -0.39 is 11.0 Å². The van der Waals surface area contributed by atoms with Gasteiger partial charge in [-0.05, 0) is 25.0 Å². The van der Waals surface area contributed by atoms with Crippen LogP contribution in [0.3, 0.4) is 0 Å². The van der Waals surface area contributed by atoms with Crippen LogP contribution in [0.4, 0.5) is 5.69 Å². The lowest BCUT2D eigenvalue weighted by molar-refractivity contribution is -0.385. The molecule has 5 nitrogen and oxygen atoms in total. The number of rotatable bonds is 4. The second-order valence-electron chi connectivity index (χ2n) is 3.32. The number of aliphatic hydroxyl groups excluding tert-OH is 1. The first-order valence-electron chi connectivity index (χ1n) is 4.54. The molecule has 1 aromatic rings. The number of nitro benzene ring substituents is 1. The fourth-order valence-electron chi connectivity index (χ4n) is 1.34. The number of hydrogen-bond acceptors (Lipinski definition) is 4. The van der Waals surface area contributed by atoms with Gasteiger partial charge in [-0.1, -0.05) is 6.07 Å². The number of benzene rings is 1. The molecule has 0 amide bonds. The summed E-state index contributed by atoms with van der Waals surface area (Å²) in [4.78, 5) is 10.1. The normalized spacial score (nSPS) is 12.2. The zero-order valence-corrected chi connectivity index (χ0v) is 8.64. The lowest BCUT2D eigenvalue weighted by atomic mass is 10.1. The molecule has 1 aromatic carbocycles. The SMILES string of the molecule is COc1cc(C[C@H](C)O)ccc1[N+](=O)[O-]. The zero-order valence-electron chi connectivity index (χ0n) is 8.64. The molecular weight excluding hydrogens is 198 g/mol. The predicted octanol–water partition coefficient (Wildman–Crippen LogP) is 1.53. The zero-order chi connectivity index (χ0) is 11.4. The Morgan fingerprint density at radius 3 is 2.73 bits per heavy atom. The van der Waals surface area contributed by atoms with Gasteiger partial charge in [-0.25, -0.2) is 0 Å². The number of aliphatic hydroxyl groups is 1. The third-order valence-electron chi connectivity index (χ3n) is 1.97. The van der Waals surface area contributed by atoms with E-state index in [0.29, 0.717) is 6.42 Å². The van der Waals surface area contributed by atoms with Crippen molar-refractivity contribution >= 4 is 5.69 Å². The van der Waals surface area contributed by atoms with Gasteiger partial charge in [0.25, 0.3) is 0 Å². The first-order valence-corrected chi connectivity index (χ1v) is 4.54. The van der Waals surface area contributed by atoms with Gasteiger partial charge in [0.2, 0.25) is 0 Å². The van der Waals surface area contributed by atoms with Gasteiger partial charge < -0.3 is 9.84 Å². The largest absolute Gasteiger partial charge is 0.490 e. The second kappa shape index (κ2) is 4.75. The Hall–Kier alpha value is -1.62. The van der Waals surface area contributed by atoms with Gasteiger partial charge in [0.05, 0.1) is 18.1 Å². The van der Waals surface area contributed by atoms with E-state index in [0.717, 1.165) is 5.56 Å². The van der Waals surface area contributed by atoms with Crippen molar-refractivity contribution < 1.29 is 14.8 Å². The summed E-state index contributed by atoms with van der Waals surface area (Å²) < 4.78 is 4.91. The van der Waals surface area contributed by atoms with E-state index in [1.54, 1.807) is 19.1 Å². The third-order valence-corrected chi connectivity index (χ3v) is 1.97. The Kier molecular flexibility index (Phi) is 3.62. The summed E-state index contributed by atoms with van der Waals surface area (Å²) in [5.74, 6) is 0.221. The van der Waals surface area contributed by atoms with Crippen molar-refractivity contribution in [3.05, 3.63) is 33.9 Å². The van der Waals surface area contributed by atoms with E-state index in [1.807, 2.05) is 0 Å². The van der Waals surface area contributed by atoms with E-state index in [2.05, 4.69) is 0 Å². The van der Waals surface area contributed by atoms with Crippen molar-refractivity contribution in [3.63, 3.8) is 0 Å². The molecule has 0 heterocycles. The maximum atomic E-state index is 10.6. The van der Waals surface area contributed by atoms with Crippen molar-refractivity contribution in [2.75, 3.05) is 7.11 Å². The Bertz CT molecular complexity index is 362. The second-order valence-corrected chi connectivity index (χ2v) is 3.32. The summed E-state index contributed by atoms with van der Waals surface area (Å²) in [5, 5.41) is 19.8. The van der Waals surface area contributed by atoms with Gasteiger partial charge in [-0.2, -0.15) is 0 Å². The minimum atomic E-state index is -0.495. The molecule has 0 saturated heterocycles. The van der Waals surface area contributed by atoms with E-state index in [-0.39, 0.29) is 11.4 Å². The molecule has 82 valence electrons. The summed E-state index contributed by atoms with van der Waals surface area (Å²) in [5.41, 5.74) is 0.749. The highest BCUT2D eigenvalue weighted by molar-refractivity contribution is 5.48. The maximum absolute atomic E-state index is 10.6. The minimum Gasteiger partial charge on any atom is -0.490 e. The summed E-state index contributed by atoms with van der Waals surface area (Å²) >= 11 is 0. The van der Waals surface area contributed by atoms with Crippen LogP contribution in [-0.4, -0.2) is 23.2 Å². The van der Waals surface area contributed by atoms with E-state index in [1.165, 1.54) is 13.2 Å². The van der Waals surface area contributed by atoms with Gasteiger partial charge in [0.15, 0.2) is 5.75 Å². The van der Waals surface area contributed by atoms with Crippen LogP contribution in [0, 0.1) is 10.1 Å². The van der Waals surface area contributed by atoms with Gasteiger partial charge in [-0.3, -0.25) is 10.1 Å². The lowest BCUT2D eigenvalue weighted by Crippen LogP contribution is -2.04. The summed E-state index contributed by atoms with van der Waals surface area (Å²) in [6, 6.07) is 4.58. The van der Waals surface area contributed by atoms with Crippen LogP contribution in [-0.2, 0) is 6.42 Å². The van der Waals surface area contributed by atoms with Crippen LogP contribution in [0.2, 0.25) is 0 Å². The summed E-state index contributed by atoms with van der Waals surface area (Å²) in [6.45, 7) is 1.66. The average Bonchev–Trinajstić information content (AvgIpc) is 2.16. The Balaban J connectivity index is 3.02. The number of methoxy groups -OCH3 is 1. The van der Waals surface area contributed by atoms with Gasteiger partial charge >= 0.3 is 5.69 Å². The van der Waals surface area contributed by atoms with Crippen LogP contribution in [0.25, 0.3) is 0 Å². The molecule has 0 radical (unpaired) electrons. The molecule has 15 heavy (non-hydrogen) atoms. The predicted molar refractivity (Wildman–Crippen MR) is 55.0 cm³/mol. The fourth-order valence-corrected chi connectivity index (χ4v) is 1.34. The standard InChI is InChI=1S/C10H13NO4/c1-7(12)5-8-3-4-9(11(13)14)10(6-8)15-2/h3-4,6-7,12H,5H2,1-2H3/t7-/m0/s1. The molecule has 1 atom stereocenters. The van der Waals surface area contributed by atoms with E-state index >= 15 is 0 Å². The average molecular weight is 211 g/mol. The molecular formula is C10H13NO4. The number of ether oxygens (including phenoxy) is 1.